The molecule has 6 heteroatoms. The van der Waals surface area contributed by atoms with Crippen LogP contribution in [-0.2, 0) is 24.3 Å². The Kier molecular flexibility index (Phi) is 7.02. The number of fused-ring (bicyclic) bond motifs is 1. The quantitative estimate of drug-likeness (QED) is 0.384. The zero-order chi connectivity index (χ0) is 21.5. The highest BCUT2D eigenvalue weighted by Gasteiger charge is 2.15. The molecule has 2 N–H and O–H groups in total. The number of aromatic nitrogens is 1. The number of rotatable bonds is 10. The van der Waals surface area contributed by atoms with Crippen LogP contribution in [0, 0.1) is 0 Å². The lowest BCUT2D eigenvalue weighted by atomic mass is 10.1. The number of benzene rings is 2. The van der Waals surface area contributed by atoms with E-state index in [1.54, 1.807) is 18.4 Å². The predicted molar refractivity (Wildman–Crippen MR) is 126 cm³/mol. The summed E-state index contributed by atoms with van der Waals surface area (Å²) in [7, 11) is 1.68. The Morgan fingerprint density at radius 3 is 2.71 bits per heavy atom. The molecule has 0 aliphatic rings. The first-order valence-corrected chi connectivity index (χ1v) is 11.3. The molecule has 0 atom stereocenters. The van der Waals surface area contributed by atoms with E-state index in [4.69, 9.17) is 4.74 Å². The molecule has 0 unspecified atom stereocenters. The largest absolute Gasteiger partial charge is 0.496 e. The van der Waals surface area contributed by atoms with Crippen molar-refractivity contribution in [1.29, 1.82) is 0 Å². The predicted octanol–water partition coefficient (Wildman–Crippen LogP) is 4.60. The molecule has 0 saturated heterocycles. The van der Waals surface area contributed by atoms with Gasteiger partial charge in [-0.3, -0.25) is 9.69 Å². The number of hydrogen-bond acceptors (Lipinski definition) is 4. The van der Waals surface area contributed by atoms with Crippen LogP contribution in [0.1, 0.15) is 16.0 Å². The zero-order valence-electron chi connectivity index (χ0n) is 17.6. The van der Waals surface area contributed by atoms with Crippen molar-refractivity contribution in [3.8, 4) is 5.75 Å². The maximum absolute atomic E-state index is 12.7. The van der Waals surface area contributed by atoms with Crippen molar-refractivity contribution in [2.45, 2.75) is 19.5 Å². The van der Waals surface area contributed by atoms with Crippen LogP contribution in [0.2, 0.25) is 0 Å². The number of carbonyl (C=O) groups is 1. The van der Waals surface area contributed by atoms with Crippen LogP contribution in [0.4, 0.5) is 0 Å². The topological polar surface area (TPSA) is 57.4 Å². The van der Waals surface area contributed by atoms with E-state index in [0.717, 1.165) is 29.8 Å². The van der Waals surface area contributed by atoms with Gasteiger partial charge in [-0.25, -0.2) is 0 Å². The lowest BCUT2D eigenvalue weighted by molar-refractivity contribution is -0.122. The lowest BCUT2D eigenvalue weighted by Gasteiger charge is -2.22. The Bertz CT molecular complexity index is 1120. The minimum Gasteiger partial charge on any atom is -0.496 e. The molecule has 4 aromatic rings. The number of H-pyrrole nitrogens is 1. The van der Waals surface area contributed by atoms with Gasteiger partial charge in [0.05, 0.1) is 13.7 Å². The minimum atomic E-state index is 0.0336. The van der Waals surface area contributed by atoms with Gasteiger partial charge in [-0.15, -0.1) is 11.3 Å². The first kappa shape index (κ1) is 21.2. The number of nitrogens with zero attached hydrogens (tertiary/aromatic N) is 1. The second kappa shape index (κ2) is 10.3. The first-order valence-electron chi connectivity index (χ1n) is 10.4. The highest BCUT2D eigenvalue weighted by atomic mass is 32.1. The Labute approximate surface area is 186 Å². The maximum atomic E-state index is 12.7. The number of amides is 1. The molecule has 0 aliphatic carbocycles. The van der Waals surface area contributed by atoms with Crippen molar-refractivity contribution in [3.63, 3.8) is 0 Å². The number of thiophene rings is 1. The summed E-state index contributed by atoms with van der Waals surface area (Å²) in [5.74, 6) is 0.879. The molecule has 0 radical (unpaired) electrons. The molecule has 0 aliphatic heterocycles. The molecule has 31 heavy (non-hydrogen) atoms. The molecule has 0 bridgehead atoms. The Morgan fingerprint density at radius 1 is 1.03 bits per heavy atom. The fourth-order valence-electron chi connectivity index (χ4n) is 3.80. The summed E-state index contributed by atoms with van der Waals surface area (Å²) in [4.78, 5) is 19.4. The molecule has 0 fully saturated rings. The fraction of sp³-hybridized carbons (Fsp3) is 0.240. The fourth-order valence-corrected chi connectivity index (χ4v) is 4.55. The van der Waals surface area contributed by atoms with Gasteiger partial charge in [0.1, 0.15) is 5.75 Å². The molecule has 0 saturated carbocycles. The number of methoxy groups -OCH3 is 1. The number of ether oxygens (including phenoxy) is 1. The van der Waals surface area contributed by atoms with Crippen molar-refractivity contribution in [3.05, 3.63) is 88.2 Å². The monoisotopic (exact) mass is 433 g/mol. The van der Waals surface area contributed by atoms with E-state index in [1.807, 2.05) is 42.6 Å². The Morgan fingerprint density at radius 2 is 1.87 bits per heavy atom. The standard InChI is InChI=1S/C25H27N3O2S/c1-30-24-11-5-2-7-20(24)16-28(17-21-8-6-14-31-21)18-25(29)26-13-12-19-15-27-23-10-4-3-9-22(19)23/h2-11,14-15,27H,12-13,16-18H2,1H3,(H,26,29). The van der Waals surface area contributed by atoms with Crippen LogP contribution in [0.25, 0.3) is 10.9 Å². The molecule has 2 heterocycles. The third kappa shape index (κ3) is 5.54. The van der Waals surface area contributed by atoms with E-state index in [-0.39, 0.29) is 5.91 Å². The van der Waals surface area contributed by atoms with Crippen LogP contribution in [0.5, 0.6) is 5.75 Å². The zero-order valence-corrected chi connectivity index (χ0v) is 18.5. The van der Waals surface area contributed by atoms with E-state index in [2.05, 4.69) is 44.8 Å². The second-order valence-corrected chi connectivity index (χ2v) is 8.53. The summed E-state index contributed by atoms with van der Waals surface area (Å²) in [6, 6.07) is 20.4. The highest BCUT2D eigenvalue weighted by Crippen LogP contribution is 2.21. The summed E-state index contributed by atoms with van der Waals surface area (Å²) in [6.07, 6.45) is 2.83. The van der Waals surface area contributed by atoms with Crippen molar-refractivity contribution in [1.82, 2.24) is 15.2 Å². The van der Waals surface area contributed by atoms with E-state index >= 15 is 0 Å². The van der Waals surface area contributed by atoms with Crippen molar-refractivity contribution in [2.75, 3.05) is 20.2 Å². The molecule has 2 aromatic heterocycles. The molecule has 2 aromatic carbocycles. The van der Waals surface area contributed by atoms with Gasteiger partial charge < -0.3 is 15.0 Å². The van der Waals surface area contributed by atoms with Gasteiger partial charge in [0.15, 0.2) is 0 Å². The van der Waals surface area contributed by atoms with Gasteiger partial charge in [-0.1, -0.05) is 42.5 Å². The summed E-state index contributed by atoms with van der Waals surface area (Å²) in [5, 5.41) is 6.37. The third-order valence-corrected chi connectivity index (χ3v) is 6.17. The van der Waals surface area contributed by atoms with E-state index in [1.165, 1.54) is 15.8 Å². The number of para-hydroxylation sites is 2. The van der Waals surface area contributed by atoms with Crippen LogP contribution >= 0.6 is 11.3 Å². The minimum absolute atomic E-state index is 0.0336. The normalized spacial score (nSPS) is 11.2. The van der Waals surface area contributed by atoms with Gasteiger partial charge in [0.2, 0.25) is 5.91 Å². The van der Waals surface area contributed by atoms with Crippen LogP contribution in [0.3, 0.4) is 0 Å². The van der Waals surface area contributed by atoms with Crippen molar-refractivity contribution >= 4 is 28.1 Å². The van der Waals surface area contributed by atoms with Gasteiger partial charge in [0.25, 0.3) is 0 Å². The molecular formula is C25H27N3O2S. The van der Waals surface area contributed by atoms with Gasteiger partial charge >= 0.3 is 0 Å². The number of nitrogens with one attached hydrogen (secondary N) is 2. The second-order valence-electron chi connectivity index (χ2n) is 7.50. The Hall–Kier alpha value is -3.09. The number of aromatic amines is 1. The molecule has 4 rings (SSSR count). The van der Waals surface area contributed by atoms with Crippen molar-refractivity contribution < 1.29 is 9.53 Å². The summed E-state index contributed by atoms with van der Waals surface area (Å²) in [5.41, 5.74) is 3.43. The summed E-state index contributed by atoms with van der Waals surface area (Å²) in [6.45, 7) is 2.33. The van der Waals surface area contributed by atoms with Crippen LogP contribution in [-0.4, -0.2) is 36.0 Å². The molecule has 5 nitrogen and oxygen atoms in total. The van der Waals surface area contributed by atoms with E-state index in [9.17, 15) is 4.79 Å². The molecule has 1 amide bonds. The molecular weight excluding hydrogens is 406 g/mol. The summed E-state index contributed by atoms with van der Waals surface area (Å²) < 4.78 is 5.50. The number of hydrogen-bond donors (Lipinski definition) is 2. The van der Waals surface area contributed by atoms with Crippen LogP contribution < -0.4 is 10.1 Å². The Balaban J connectivity index is 1.36. The maximum Gasteiger partial charge on any atom is 0.234 e. The number of carbonyl (C=O) groups excluding carboxylic acids is 1. The van der Waals surface area contributed by atoms with Crippen molar-refractivity contribution in [2.24, 2.45) is 0 Å². The van der Waals surface area contributed by atoms with E-state index in [0.29, 0.717) is 19.6 Å². The smallest absolute Gasteiger partial charge is 0.234 e. The van der Waals surface area contributed by atoms with Gasteiger partial charge in [-0.2, -0.15) is 0 Å². The first-order chi connectivity index (χ1) is 15.2. The van der Waals surface area contributed by atoms with Gasteiger partial charge in [0, 0.05) is 47.2 Å². The molecule has 160 valence electrons. The lowest BCUT2D eigenvalue weighted by Crippen LogP contribution is -2.37. The third-order valence-electron chi connectivity index (χ3n) is 5.30. The van der Waals surface area contributed by atoms with E-state index < -0.39 is 0 Å². The van der Waals surface area contributed by atoms with Gasteiger partial charge in [-0.05, 0) is 35.6 Å². The average molecular weight is 434 g/mol. The summed E-state index contributed by atoms with van der Waals surface area (Å²) >= 11 is 1.71. The van der Waals surface area contributed by atoms with Crippen LogP contribution in [0.15, 0.2) is 72.2 Å². The SMILES string of the molecule is COc1ccccc1CN(CC(=O)NCCc1c[nH]c2ccccc12)Cc1cccs1. The highest BCUT2D eigenvalue weighted by molar-refractivity contribution is 7.09. The average Bonchev–Trinajstić information content (AvgIpc) is 3.44. The molecule has 0 spiro atoms.